The maximum atomic E-state index is 12.7. The summed E-state index contributed by atoms with van der Waals surface area (Å²) in [6.45, 7) is 4.65. The van der Waals surface area contributed by atoms with Crippen molar-refractivity contribution in [2.24, 2.45) is 0 Å². The van der Waals surface area contributed by atoms with Gasteiger partial charge in [0, 0.05) is 24.8 Å². The van der Waals surface area contributed by atoms with Crippen molar-refractivity contribution >= 4 is 23.5 Å². The van der Waals surface area contributed by atoms with Crippen LogP contribution in [0.1, 0.15) is 19.0 Å². The van der Waals surface area contributed by atoms with Gasteiger partial charge in [-0.25, -0.2) is 4.79 Å². The fraction of sp³-hybridized carbons (Fsp3) is 0.353. The number of carbonyl (C=O) groups is 2. The first kappa shape index (κ1) is 16.0. The molecule has 1 aromatic heterocycles. The fourth-order valence-corrected chi connectivity index (χ4v) is 2.92. The molecule has 2 heterocycles. The molecule has 0 bridgehead atoms. The quantitative estimate of drug-likeness (QED) is 0.936. The van der Waals surface area contributed by atoms with E-state index >= 15 is 0 Å². The summed E-state index contributed by atoms with van der Waals surface area (Å²) in [4.78, 5) is 28.5. The average molecular weight is 328 g/mol. The van der Waals surface area contributed by atoms with E-state index in [1.165, 1.54) is 4.90 Å². The molecule has 1 aliphatic heterocycles. The van der Waals surface area contributed by atoms with Crippen molar-refractivity contribution < 1.29 is 14.1 Å². The highest BCUT2D eigenvalue weighted by Crippen LogP contribution is 2.24. The van der Waals surface area contributed by atoms with Crippen LogP contribution in [0.4, 0.5) is 16.4 Å². The molecular weight excluding hydrogens is 308 g/mol. The highest BCUT2D eigenvalue weighted by molar-refractivity contribution is 6.02. The lowest BCUT2D eigenvalue weighted by Gasteiger charge is -2.26. The molecule has 3 amide bonds. The predicted molar refractivity (Wildman–Crippen MR) is 89.8 cm³/mol. The van der Waals surface area contributed by atoms with Crippen LogP contribution in [-0.2, 0) is 4.79 Å². The van der Waals surface area contributed by atoms with E-state index in [1.54, 1.807) is 17.9 Å². The summed E-state index contributed by atoms with van der Waals surface area (Å²) in [5.41, 5.74) is 1.54. The first-order chi connectivity index (χ1) is 11.6. The zero-order chi connectivity index (χ0) is 17.1. The van der Waals surface area contributed by atoms with Gasteiger partial charge in [0.05, 0.1) is 5.69 Å². The molecule has 7 heteroatoms. The molecule has 0 aliphatic carbocycles. The minimum atomic E-state index is -0.473. The summed E-state index contributed by atoms with van der Waals surface area (Å²) in [7, 11) is 0. The number of rotatable bonds is 4. The lowest BCUT2D eigenvalue weighted by atomic mass is 10.2. The van der Waals surface area contributed by atoms with Gasteiger partial charge in [-0.2, -0.15) is 0 Å². The van der Waals surface area contributed by atoms with E-state index in [2.05, 4.69) is 10.5 Å². The number of para-hydroxylation sites is 1. The number of likely N-dealkylation sites (N-methyl/N-ethyl adjacent to an activating group) is 1. The van der Waals surface area contributed by atoms with Gasteiger partial charge >= 0.3 is 6.03 Å². The minimum absolute atomic E-state index is 0.0630. The molecule has 1 aromatic carbocycles. The Morgan fingerprint density at radius 1 is 1.42 bits per heavy atom. The molecule has 1 saturated heterocycles. The van der Waals surface area contributed by atoms with E-state index < -0.39 is 6.04 Å². The first-order valence-electron chi connectivity index (χ1n) is 7.97. The van der Waals surface area contributed by atoms with Gasteiger partial charge in [0.1, 0.15) is 6.04 Å². The molecule has 24 heavy (non-hydrogen) atoms. The van der Waals surface area contributed by atoms with Crippen molar-refractivity contribution in [1.82, 2.24) is 10.1 Å². The summed E-state index contributed by atoms with van der Waals surface area (Å²) in [5, 5.41) is 6.39. The van der Waals surface area contributed by atoms with Crippen LogP contribution in [-0.4, -0.2) is 41.1 Å². The molecule has 7 nitrogen and oxygen atoms in total. The molecule has 1 fully saturated rings. The molecular formula is C17H20N4O3. The number of aromatic nitrogens is 1. The molecule has 2 aromatic rings. The lowest BCUT2D eigenvalue weighted by Crippen LogP contribution is -2.47. The van der Waals surface area contributed by atoms with Crippen molar-refractivity contribution in [2.75, 3.05) is 23.3 Å². The number of amides is 3. The van der Waals surface area contributed by atoms with Crippen LogP contribution in [0.5, 0.6) is 0 Å². The van der Waals surface area contributed by atoms with Gasteiger partial charge in [-0.05, 0) is 32.4 Å². The normalized spacial score (nSPS) is 17.2. The van der Waals surface area contributed by atoms with Crippen LogP contribution in [0, 0.1) is 6.92 Å². The molecule has 1 atom stereocenters. The average Bonchev–Trinajstić information content (AvgIpc) is 3.16. The van der Waals surface area contributed by atoms with E-state index in [0.717, 1.165) is 5.69 Å². The standard InChI is InChI=1S/C17H20N4O3/c1-3-20(17(23)18-15-11-12(2)19-24-15)14-9-10-21(16(14)22)13-7-5-4-6-8-13/h4-8,11,14H,3,9-10H2,1-2H3,(H,18,23)/t14-/m0/s1. The van der Waals surface area contributed by atoms with E-state index in [1.807, 2.05) is 37.3 Å². The van der Waals surface area contributed by atoms with Gasteiger partial charge < -0.3 is 14.3 Å². The number of aryl methyl sites for hydroxylation is 1. The zero-order valence-corrected chi connectivity index (χ0v) is 13.7. The van der Waals surface area contributed by atoms with Gasteiger partial charge in [0.25, 0.3) is 0 Å². The van der Waals surface area contributed by atoms with Gasteiger partial charge in [-0.3, -0.25) is 10.1 Å². The number of benzene rings is 1. The number of urea groups is 1. The van der Waals surface area contributed by atoms with Crippen LogP contribution in [0.15, 0.2) is 40.9 Å². The largest absolute Gasteiger partial charge is 0.338 e. The Bertz CT molecular complexity index is 728. The van der Waals surface area contributed by atoms with Crippen molar-refractivity contribution in [3.8, 4) is 0 Å². The van der Waals surface area contributed by atoms with Crippen molar-refractivity contribution in [1.29, 1.82) is 0 Å². The third kappa shape index (κ3) is 3.10. The van der Waals surface area contributed by atoms with Gasteiger partial charge in [-0.15, -0.1) is 0 Å². The van der Waals surface area contributed by atoms with Crippen LogP contribution in [0.3, 0.4) is 0 Å². The van der Waals surface area contributed by atoms with Crippen molar-refractivity contribution in [3.05, 3.63) is 42.1 Å². The molecule has 0 radical (unpaired) electrons. The van der Waals surface area contributed by atoms with E-state index in [9.17, 15) is 9.59 Å². The van der Waals surface area contributed by atoms with E-state index in [-0.39, 0.29) is 17.8 Å². The van der Waals surface area contributed by atoms with E-state index in [4.69, 9.17) is 4.52 Å². The fourth-order valence-electron chi connectivity index (χ4n) is 2.92. The maximum Gasteiger partial charge on any atom is 0.324 e. The molecule has 0 unspecified atom stereocenters. The van der Waals surface area contributed by atoms with Gasteiger partial charge in [-0.1, -0.05) is 23.4 Å². The molecule has 0 spiro atoms. The van der Waals surface area contributed by atoms with Crippen LogP contribution >= 0.6 is 0 Å². The van der Waals surface area contributed by atoms with Crippen molar-refractivity contribution in [2.45, 2.75) is 26.3 Å². The Morgan fingerprint density at radius 3 is 2.79 bits per heavy atom. The SMILES string of the molecule is CCN(C(=O)Nc1cc(C)no1)[C@H]1CCN(c2ccccc2)C1=O. The number of hydrogen-bond donors (Lipinski definition) is 1. The second-order valence-electron chi connectivity index (χ2n) is 5.68. The molecule has 1 N–H and O–H groups in total. The maximum absolute atomic E-state index is 12.7. The van der Waals surface area contributed by atoms with Crippen molar-refractivity contribution in [3.63, 3.8) is 0 Å². The number of hydrogen-bond acceptors (Lipinski definition) is 4. The van der Waals surface area contributed by atoms with Gasteiger partial charge in [0.15, 0.2) is 0 Å². The summed E-state index contributed by atoms with van der Waals surface area (Å²) in [6.07, 6.45) is 0.602. The summed E-state index contributed by atoms with van der Waals surface area (Å²) in [6, 6.07) is 10.3. The number of nitrogens with zero attached hydrogens (tertiary/aromatic N) is 3. The third-order valence-corrected chi connectivity index (χ3v) is 4.08. The van der Waals surface area contributed by atoms with Gasteiger partial charge in [0.2, 0.25) is 11.8 Å². The first-order valence-corrected chi connectivity index (χ1v) is 7.97. The van der Waals surface area contributed by atoms with Crippen LogP contribution < -0.4 is 10.2 Å². The van der Waals surface area contributed by atoms with Crippen LogP contribution in [0.25, 0.3) is 0 Å². The predicted octanol–water partition coefficient (Wildman–Crippen LogP) is 2.64. The molecule has 1 aliphatic rings. The number of anilines is 2. The Labute approximate surface area is 140 Å². The highest BCUT2D eigenvalue weighted by Gasteiger charge is 2.38. The molecule has 3 rings (SSSR count). The monoisotopic (exact) mass is 328 g/mol. The second kappa shape index (κ2) is 6.74. The Kier molecular flexibility index (Phi) is 4.50. The Hall–Kier alpha value is -2.83. The highest BCUT2D eigenvalue weighted by atomic mass is 16.5. The molecule has 126 valence electrons. The zero-order valence-electron chi connectivity index (χ0n) is 13.7. The minimum Gasteiger partial charge on any atom is -0.338 e. The Balaban J connectivity index is 1.72. The second-order valence-corrected chi connectivity index (χ2v) is 5.68. The summed E-state index contributed by atoms with van der Waals surface area (Å²) in [5.74, 6) is 0.216. The Morgan fingerprint density at radius 2 is 2.17 bits per heavy atom. The lowest BCUT2D eigenvalue weighted by molar-refractivity contribution is -0.120. The van der Waals surface area contributed by atoms with Crippen LogP contribution in [0.2, 0.25) is 0 Å². The smallest absolute Gasteiger partial charge is 0.324 e. The third-order valence-electron chi connectivity index (χ3n) is 4.08. The summed E-state index contributed by atoms with van der Waals surface area (Å²) >= 11 is 0. The molecule has 0 saturated carbocycles. The topological polar surface area (TPSA) is 78.7 Å². The van der Waals surface area contributed by atoms with E-state index in [0.29, 0.717) is 25.2 Å². The number of nitrogens with one attached hydrogen (secondary N) is 1. The number of carbonyl (C=O) groups excluding carboxylic acids is 2. The summed E-state index contributed by atoms with van der Waals surface area (Å²) < 4.78 is 5.01.